The topological polar surface area (TPSA) is 96.0 Å². The van der Waals surface area contributed by atoms with Crippen molar-refractivity contribution in [3.05, 3.63) is 59.1 Å². The van der Waals surface area contributed by atoms with E-state index in [4.69, 9.17) is 16.3 Å². The third kappa shape index (κ3) is 8.41. The average molecular weight is 538 g/mol. The number of hydrogen-bond donors (Lipinski definition) is 1. The molecular weight excluding hydrogens is 502 g/mol. The van der Waals surface area contributed by atoms with E-state index in [-0.39, 0.29) is 18.1 Å². The summed E-state index contributed by atoms with van der Waals surface area (Å²) in [5.41, 5.74) is 1.04. The summed E-state index contributed by atoms with van der Waals surface area (Å²) in [7, 11) is -3.85. The molecule has 10 heteroatoms. The number of unbranched alkanes of at least 4 members (excludes halogenated alkanes) is 1. The lowest BCUT2D eigenvalue weighted by atomic mass is 10.1. The number of amides is 2. The summed E-state index contributed by atoms with van der Waals surface area (Å²) in [6.07, 6.45) is 3.16. The molecule has 2 aromatic rings. The summed E-state index contributed by atoms with van der Waals surface area (Å²) in [5, 5.41) is 3.45. The Labute approximate surface area is 219 Å². The van der Waals surface area contributed by atoms with Crippen molar-refractivity contribution in [3.63, 3.8) is 0 Å². The second kappa shape index (κ2) is 14.1. The summed E-state index contributed by atoms with van der Waals surface area (Å²) >= 11 is 6.02. The standard InChI is InChI=1S/C26H36ClN3O5S/c1-5-8-17-28-26(32)22(6-2)29(18-20-13-15-21(27)16-14-20)25(31)19-30(36(4,33)34)23-11-9-10-12-24(23)35-7-3/h9-16,22H,5-8,17-19H2,1-4H3,(H,28,32)/t22-/m1/s1. The number of sulfonamides is 1. The molecule has 0 fully saturated rings. The molecule has 0 aliphatic carbocycles. The van der Waals surface area contributed by atoms with Gasteiger partial charge in [-0.25, -0.2) is 8.42 Å². The van der Waals surface area contributed by atoms with Crippen LogP contribution in [0.4, 0.5) is 5.69 Å². The van der Waals surface area contributed by atoms with Crippen molar-refractivity contribution in [3.8, 4) is 5.75 Å². The second-order valence-electron chi connectivity index (χ2n) is 8.39. The van der Waals surface area contributed by atoms with E-state index in [1.807, 2.05) is 13.8 Å². The van der Waals surface area contributed by atoms with E-state index in [0.29, 0.717) is 30.3 Å². The monoisotopic (exact) mass is 537 g/mol. The molecule has 198 valence electrons. The molecule has 36 heavy (non-hydrogen) atoms. The molecule has 0 aromatic heterocycles. The molecular formula is C26H36ClN3O5S. The van der Waals surface area contributed by atoms with Gasteiger partial charge in [-0.2, -0.15) is 0 Å². The van der Waals surface area contributed by atoms with Crippen LogP contribution < -0.4 is 14.4 Å². The first-order valence-corrected chi connectivity index (χ1v) is 14.4. The molecule has 2 amide bonds. The van der Waals surface area contributed by atoms with E-state index in [0.717, 1.165) is 29.0 Å². The molecule has 1 N–H and O–H groups in total. The van der Waals surface area contributed by atoms with Crippen LogP contribution in [-0.4, -0.2) is 57.1 Å². The predicted octanol–water partition coefficient (Wildman–Crippen LogP) is 4.23. The molecule has 0 saturated heterocycles. The lowest BCUT2D eigenvalue weighted by Gasteiger charge is -2.33. The maximum atomic E-state index is 13.7. The van der Waals surface area contributed by atoms with Gasteiger partial charge in [0.2, 0.25) is 21.8 Å². The Morgan fingerprint density at radius 2 is 1.72 bits per heavy atom. The van der Waals surface area contributed by atoms with Crippen LogP contribution in [0.25, 0.3) is 0 Å². The van der Waals surface area contributed by atoms with Gasteiger partial charge in [-0.05, 0) is 49.6 Å². The summed E-state index contributed by atoms with van der Waals surface area (Å²) in [6.45, 7) is 6.14. The van der Waals surface area contributed by atoms with Crippen molar-refractivity contribution in [2.75, 3.05) is 30.3 Å². The van der Waals surface area contributed by atoms with Gasteiger partial charge in [-0.1, -0.05) is 56.1 Å². The van der Waals surface area contributed by atoms with Crippen molar-refractivity contribution in [1.29, 1.82) is 0 Å². The van der Waals surface area contributed by atoms with Gasteiger partial charge in [-0.3, -0.25) is 13.9 Å². The van der Waals surface area contributed by atoms with E-state index in [1.54, 1.807) is 55.5 Å². The zero-order valence-corrected chi connectivity index (χ0v) is 22.9. The molecule has 0 aliphatic rings. The number of halogens is 1. The normalized spacial score (nSPS) is 12.0. The van der Waals surface area contributed by atoms with Crippen LogP contribution in [0.5, 0.6) is 5.75 Å². The number of nitrogens with one attached hydrogen (secondary N) is 1. The first kappa shape index (κ1) is 29.5. The van der Waals surface area contributed by atoms with Crippen molar-refractivity contribution < 1.29 is 22.7 Å². The minimum Gasteiger partial charge on any atom is -0.492 e. The van der Waals surface area contributed by atoms with Crippen molar-refractivity contribution in [2.45, 2.75) is 52.6 Å². The zero-order chi connectivity index (χ0) is 26.7. The summed E-state index contributed by atoms with van der Waals surface area (Å²) in [5.74, 6) is -0.417. The number of hydrogen-bond acceptors (Lipinski definition) is 5. The molecule has 0 radical (unpaired) electrons. The number of carbonyl (C=O) groups is 2. The largest absolute Gasteiger partial charge is 0.492 e. The fraction of sp³-hybridized carbons (Fsp3) is 0.462. The lowest BCUT2D eigenvalue weighted by molar-refractivity contribution is -0.140. The Balaban J connectivity index is 2.44. The van der Waals surface area contributed by atoms with Gasteiger partial charge >= 0.3 is 0 Å². The molecule has 0 aliphatic heterocycles. The maximum Gasteiger partial charge on any atom is 0.244 e. The average Bonchev–Trinajstić information content (AvgIpc) is 2.83. The highest BCUT2D eigenvalue weighted by Gasteiger charge is 2.32. The van der Waals surface area contributed by atoms with Gasteiger partial charge in [0.1, 0.15) is 18.3 Å². The van der Waals surface area contributed by atoms with Crippen LogP contribution in [0.2, 0.25) is 5.02 Å². The fourth-order valence-corrected chi connectivity index (χ4v) is 4.73. The number of benzene rings is 2. The second-order valence-corrected chi connectivity index (χ2v) is 10.7. The molecule has 0 unspecified atom stereocenters. The van der Waals surface area contributed by atoms with Gasteiger partial charge in [-0.15, -0.1) is 0 Å². The third-order valence-corrected chi connectivity index (χ3v) is 6.97. The highest BCUT2D eigenvalue weighted by Crippen LogP contribution is 2.30. The third-order valence-electron chi connectivity index (χ3n) is 5.59. The minimum absolute atomic E-state index is 0.125. The van der Waals surface area contributed by atoms with Gasteiger partial charge in [0.05, 0.1) is 18.6 Å². The number of para-hydroxylation sites is 2. The first-order valence-electron chi connectivity index (χ1n) is 12.1. The Morgan fingerprint density at radius 3 is 2.31 bits per heavy atom. The molecule has 0 saturated carbocycles. The van der Waals surface area contributed by atoms with E-state index in [2.05, 4.69) is 5.32 Å². The number of anilines is 1. The highest BCUT2D eigenvalue weighted by molar-refractivity contribution is 7.92. The van der Waals surface area contributed by atoms with Crippen molar-refractivity contribution >= 4 is 39.1 Å². The summed E-state index contributed by atoms with van der Waals surface area (Å²) in [4.78, 5) is 28.2. The Hall–Kier alpha value is -2.78. The van der Waals surface area contributed by atoms with Gasteiger partial charge in [0, 0.05) is 18.1 Å². The fourth-order valence-electron chi connectivity index (χ4n) is 3.75. The number of ether oxygens (including phenoxy) is 1. The Bertz CT molecular complexity index is 1110. The van der Waals surface area contributed by atoms with Crippen LogP contribution in [0.15, 0.2) is 48.5 Å². The predicted molar refractivity (Wildman–Crippen MR) is 144 cm³/mol. The molecule has 0 spiro atoms. The maximum absolute atomic E-state index is 13.7. The van der Waals surface area contributed by atoms with Crippen LogP contribution in [-0.2, 0) is 26.2 Å². The zero-order valence-electron chi connectivity index (χ0n) is 21.4. The van der Waals surface area contributed by atoms with Gasteiger partial charge in [0.15, 0.2) is 0 Å². The van der Waals surface area contributed by atoms with Crippen molar-refractivity contribution in [1.82, 2.24) is 10.2 Å². The van der Waals surface area contributed by atoms with E-state index >= 15 is 0 Å². The summed E-state index contributed by atoms with van der Waals surface area (Å²) in [6, 6.07) is 12.9. The van der Waals surface area contributed by atoms with Crippen LogP contribution in [0, 0.1) is 0 Å². The number of carbonyl (C=O) groups excluding carboxylic acids is 2. The van der Waals surface area contributed by atoms with Crippen LogP contribution >= 0.6 is 11.6 Å². The molecule has 2 aromatic carbocycles. The SMILES string of the molecule is CCCCNC(=O)[C@@H](CC)N(Cc1ccc(Cl)cc1)C(=O)CN(c1ccccc1OCC)S(C)(=O)=O. The molecule has 2 rings (SSSR count). The van der Waals surface area contributed by atoms with Crippen LogP contribution in [0.3, 0.4) is 0 Å². The Kier molecular flexibility index (Phi) is 11.5. The molecule has 0 bridgehead atoms. The quantitative estimate of drug-likeness (QED) is 0.364. The van der Waals surface area contributed by atoms with Gasteiger partial charge in [0.25, 0.3) is 0 Å². The van der Waals surface area contributed by atoms with Gasteiger partial charge < -0.3 is 15.0 Å². The first-order chi connectivity index (χ1) is 17.1. The Morgan fingerprint density at radius 1 is 1.06 bits per heavy atom. The van der Waals surface area contributed by atoms with E-state index < -0.39 is 28.5 Å². The molecule has 0 heterocycles. The highest BCUT2D eigenvalue weighted by atomic mass is 35.5. The molecule has 1 atom stereocenters. The van der Waals surface area contributed by atoms with Crippen molar-refractivity contribution in [2.24, 2.45) is 0 Å². The number of rotatable bonds is 14. The van der Waals surface area contributed by atoms with E-state index in [9.17, 15) is 18.0 Å². The lowest BCUT2D eigenvalue weighted by Crippen LogP contribution is -2.52. The van der Waals surface area contributed by atoms with Crippen LogP contribution in [0.1, 0.15) is 45.6 Å². The van der Waals surface area contributed by atoms with E-state index in [1.165, 1.54) is 4.90 Å². The number of nitrogens with zero attached hydrogens (tertiary/aromatic N) is 2. The smallest absolute Gasteiger partial charge is 0.244 e. The minimum atomic E-state index is -3.85. The summed E-state index contributed by atoms with van der Waals surface area (Å²) < 4.78 is 32.2. The molecule has 8 nitrogen and oxygen atoms in total.